The predicted molar refractivity (Wildman–Crippen MR) is 112 cm³/mol. The van der Waals surface area contributed by atoms with E-state index in [1.807, 2.05) is 0 Å². The van der Waals surface area contributed by atoms with Gasteiger partial charge in [-0.3, -0.25) is 9.59 Å². The second-order valence-corrected chi connectivity index (χ2v) is 8.45. The highest BCUT2D eigenvalue weighted by Crippen LogP contribution is 2.24. The second-order valence-electron chi connectivity index (χ2n) is 8.45. The first-order chi connectivity index (χ1) is 14.6. The van der Waals surface area contributed by atoms with Crippen molar-refractivity contribution in [2.75, 3.05) is 0 Å². The van der Waals surface area contributed by atoms with Gasteiger partial charge in [-0.2, -0.15) is 5.26 Å². The fourth-order valence-corrected chi connectivity index (χ4v) is 3.34. The summed E-state index contributed by atoms with van der Waals surface area (Å²) in [6, 6.07) is 0. The van der Waals surface area contributed by atoms with Crippen LogP contribution in [0.1, 0.15) is 104 Å². The smallest absolute Gasteiger partial charge is 0.349 e. The zero-order valence-electron chi connectivity index (χ0n) is 18.8. The van der Waals surface area contributed by atoms with Crippen LogP contribution in [0.3, 0.4) is 0 Å². The van der Waals surface area contributed by atoms with E-state index in [4.69, 9.17) is 15.1 Å². The van der Waals surface area contributed by atoms with Crippen molar-refractivity contribution < 1.29 is 44.3 Å². The van der Waals surface area contributed by atoms with Gasteiger partial charge in [0, 0.05) is 6.42 Å². The Labute approximate surface area is 184 Å². The van der Waals surface area contributed by atoms with Crippen LogP contribution >= 0.6 is 0 Å². The van der Waals surface area contributed by atoms with Gasteiger partial charge in [-0.25, -0.2) is 9.59 Å². The molecular formula is C22H38O9. The standard InChI is InChI=1S/C22H38O9/c1-17(2)13-11-9-7-5-3-4-6-8-10-12-14-19(25)30-22(21(27)28,15-18(23)24)16-20(26)31-29/h17,29H,3-16H2,1-2H3,(H,23,24)(H,27,28). The van der Waals surface area contributed by atoms with Crippen molar-refractivity contribution in [2.45, 2.75) is 109 Å². The molecule has 0 aliphatic carbocycles. The number of unbranched alkanes of at least 4 members (excludes halogenated alkanes) is 9. The molecular weight excluding hydrogens is 408 g/mol. The molecule has 0 aromatic heterocycles. The lowest BCUT2D eigenvalue weighted by Gasteiger charge is -2.26. The van der Waals surface area contributed by atoms with E-state index in [-0.39, 0.29) is 6.42 Å². The lowest BCUT2D eigenvalue weighted by atomic mass is 9.95. The highest BCUT2D eigenvalue weighted by molar-refractivity contribution is 5.91. The number of rotatable bonds is 19. The maximum absolute atomic E-state index is 12.0. The molecule has 0 spiro atoms. The minimum Gasteiger partial charge on any atom is -0.481 e. The third-order valence-corrected chi connectivity index (χ3v) is 5.08. The SMILES string of the molecule is CC(C)CCCCCCCCCCCCC(=O)OC(CC(=O)O)(CC(=O)OO)C(=O)O. The van der Waals surface area contributed by atoms with E-state index < -0.39 is 42.3 Å². The van der Waals surface area contributed by atoms with Crippen molar-refractivity contribution in [2.24, 2.45) is 5.92 Å². The number of carbonyl (C=O) groups excluding carboxylic acids is 2. The third-order valence-electron chi connectivity index (χ3n) is 5.08. The topological polar surface area (TPSA) is 147 Å². The second kappa shape index (κ2) is 16.5. The van der Waals surface area contributed by atoms with Crippen LogP contribution in [0.2, 0.25) is 0 Å². The molecule has 9 heteroatoms. The molecule has 1 unspecified atom stereocenters. The van der Waals surface area contributed by atoms with Gasteiger partial charge >= 0.3 is 23.9 Å². The maximum atomic E-state index is 12.0. The Morgan fingerprint density at radius 1 is 0.742 bits per heavy atom. The minimum absolute atomic E-state index is 0.0846. The van der Waals surface area contributed by atoms with E-state index >= 15 is 0 Å². The Kier molecular flexibility index (Phi) is 15.4. The van der Waals surface area contributed by atoms with Crippen LogP contribution in [0.15, 0.2) is 0 Å². The lowest BCUT2D eigenvalue weighted by Crippen LogP contribution is -2.47. The molecule has 0 aromatic rings. The number of carboxylic acid groups (broad SMARTS) is 2. The van der Waals surface area contributed by atoms with Crippen molar-refractivity contribution in [3.63, 3.8) is 0 Å². The van der Waals surface area contributed by atoms with Crippen LogP contribution in [0.25, 0.3) is 0 Å². The number of hydrogen-bond donors (Lipinski definition) is 3. The Hall–Kier alpha value is -2.16. The molecule has 0 saturated carbocycles. The van der Waals surface area contributed by atoms with E-state index in [1.165, 1.54) is 38.5 Å². The summed E-state index contributed by atoms with van der Waals surface area (Å²) in [7, 11) is 0. The first-order valence-corrected chi connectivity index (χ1v) is 11.1. The summed E-state index contributed by atoms with van der Waals surface area (Å²) in [6.45, 7) is 4.48. The molecule has 0 rings (SSSR count). The molecule has 0 fully saturated rings. The predicted octanol–water partition coefficient (Wildman–Crippen LogP) is 4.57. The Balaban J connectivity index is 4.11. The van der Waals surface area contributed by atoms with Crippen LogP contribution in [-0.2, 0) is 28.8 Å². The lowest BCUT2D eigenvalue weighted by molar-refractivity contribution is -0.239. The van der Waals surface area contributed by atoms with Gasteiger partial charge in [-0.1, -0.05) is 78.1 Å². The minimum atomic E-state index is -2.61. The number of esters is 1. The maximum Gasteiger partial charge on any atom is 0.349 e. The molecule has 0 amide bonds. The zero-order valence-corrected chi connectivity index (χ0v) is 18.8. The molecule has 1 atom stereocenters. The monoisotopic (exact) mass is 446 g/mol. The van der Waals surface area contributed by atoms with Crippen molar-refractivity contribution in [1.29, 1.82) is 0 Å². The Morgan fingerprint density at radius 2 is 1.23 bits per heavy atom. The van der Waals surface area contributed by atoms with E-state index in [0.717, 1.165) is 31.6 Å². The van der Waals surface area contributed by atoms with E-state index in [0.29, 0.717) is 6.42 Å². The molecule has 0 saturated heterocycles. The molecule has 0 heterocycles. The summed E-state index contributed by atoms with van der Waals surface area (Å²) in [5, 5.41) is 26.6. The van der Waals surface area contributed by atoms with Crippen LogP contribution < -0.4 is 0 Å². The van der Waals surface area contributed by atoms with Gasteiger partial charge in [-0.15, -0.1) is 0 Å². The summed E-state index contributed by atoms with van der Waals surface area (Å²) in [4.78, 5) is 49.2. The van der Waals surface area contributed by atoms with Crippen LogP contribution in [0, 0.1) is 5.92 Å². The fourth-order valence-electron chi connectivity index (χ4n) is 3.34. The van der Waals surface area contributed by atoms with Gasteiger partial charge in [0.05, 0.1) is 6.42 Å². The first kappa shape index (κ1) is 28.8. The zero-order chi connectivity index (χ0) is 23.7. The van der Waals surface area contributed by atoms with Gasteiger partial charge in [0.15, 0.2) is 0 Å². The van der Waals surface area contributed by atoms with E-state index in [2.05, 4.69) is 18.7 Å². The first-order valence-electron chi connectivity index (χ1n) is 11.1. The van der Waals surface area contributed by atoms with Crippen LogP contribution in [-0.4, -0.2) is 44.9 Å². The Morgan fingerprint density at radius 3 is 1.65 bits per heavy atom. The number of carboxylic acids is 2. The Bertz CT molecular complexity index is 559. The summed E-state index contributed by atoms with van der Waals surface area (Å²) in [5.74, 6) is -4.90. The van der Waals surface area contributed by atoms with Gasteiger partial charge in [0.25, 0.3) is 0 Å². The fraction of sp³-hybridized carbons (Fsp3) is 0.818. The number of carbonyl (C=O) groups is 4. The summed E-state index contributed by atoms with van der Waals surface area (Å²) in [6.07, 6.45) is 9.64. The van der Waals surface area contributed by atoms with Gasteiger partial charge in [0.2, 0.25) is 5.60 Å². The quantitative estimate of drug-likeness (QED) is 0.112. The average molecular weight is 447 g/mol. The van der Waals surface area contributed by atoms with Crippen molar-refractivity contribution >= 4 is 23.9 Å². The normalized spacial score (nSPS) is 12.9. The van der Waals surface area contributed by atoms with Crippen molar-refractivity contribution in [1.82, 2.24) is 0 Å². The number of ether oxygens (including phenoxy) is 1. The third kappa shape index (κ3) is 14.5. The molecule has 9 nitrogen and oxygen atoms in total. The number of hydrogen-bond acceptors (Lipinski definition) is 7. The van der Waals surface area contributed by atoms with Gasteiger partial charge in [0.1, 0.15) is 6.42 Å². The molecule has 180 valence electrons. The van der Waals surface area contributed by atoms with Crippen LogP contribution in [0.5, 0.6) is 0 Å². The van der Waals surface area contributed by atoms with Crippen molar-refractivity contribution in [3.8, 4) is 0 Å². The average Bonchev–Trinajstić information content (AvgIpc) is 2.67. The molecule has 3 N–H and O–H groups in total. The molecule has 31 heavy (non-hydrogen) atoms. The van der Waals surface area contributed by atoms with Gasteiger partial charge in [-0.05, 0) is 12.3 Å². The molecule has 0 radical (unpaired) electrons. The summed E-state index contributed by atoms with van der Waals surface area (Å²) in [5.41, 5.74) is -2.61. The highest BCUT2D eigenvalue weighted by Gasteiger charge is 2.47. The van der Waals surface area contributed by atoms with Gasteiger partial charge < -0.3 is 19.8 Å². The van der Waals surface area contributed by atoms with E-state index in [1.54, 1.807) is 0 Å². The molecule has 0 aliphatic rings. The van der Waals surface area contributed by atoms with E-state index in [9.17, 15) is 24.3 Å². The highest BCUT2D eigenvalue weighted by atomic mass is 17.1. The molecule has 0 aromatic carbocycles. The summed E-state index contributed by atoms with van der Waals surface area (Å²) >= 11 is 0. The molecule has 0 bridgehead atoms. The summed E-state index contributed by atoms with van der Waals surface area (Å²) < 4.78 is 4.86. The van der Waals surface area contributed by atoms with Crippen LogP contribution in [0.4, 0.5) is 0 Å². The van der Waals surface area contributed by atoms with Crippen molar-refractivity contribution in [3.05, 3.63) is 0 Å². The molecule has 0 aliphatic heterocycles. The number of aliphatic carboxylic acids is 2. The largest absolute Gasteiger partial charge is 0.481 e.